The number of hydrogen-bond acceptors (Lipinski definition) is 8. The molecule has 9 heteroatoms. The number of carbonyl (C=O) groups excluding carboxylic acids is 1. The van der Waals surface area contributed by atoms with Crippen LogP contribution in [0.15, 0.2) is 103 Å². The first-order chi connectivity index (χ1) is 21.0. The van der Waals surface area contributed by atoms with Gasteiger partial charge in [0.25, 0.3) is 0 Å². The van der Waals surface area contributed by atoms with Crippen LogP contribution in [0.4, 0.5) is 11.6 Å². The molecule has 43 heavy (non-hydrogen) atoms. The SMILES string of the molecule is CCOC(=O)CC(O)CC(O)CCc1c(-c2ccccc2)nn(-c2ccnc(Nc3ccccc3)n2)c1-c1ccccc1. The first-order valence-corrected chi connectivity index (χ1v) is 14.4. The molecule has 9 nitrogen and oxygen atoms in total. The summed E-state index contributed by atoms with van der Waals surface area (Å²) in [5.41, 5.74) is 5.31. The number of aliphatic hydroxyl groups is 2. The first kappa shape index (κ1) is 29.6. The van der Waals surface area contributed by atoms with E-state index in [4.69, 9.17) is 14.8 Å². The Morgan fingerprint density at radius 3 is 2.21 bits per heavy atom. The van der Waals surface area contributed by atoms with E-state index >= 15 is 0 Å². The average Bonchev–Trinajstić information content (AvgIpc) is 3.41. The van der Waals surface area contributed by atoms with Crippen LogP contribution in [0.25, 0.3) is 28.3 Å². The van der Waals surface area contributed by atoms with Crippen molar-refractivity contribution in [3.8, 4) is 28.3 Å². The Balaban J connectivity index is 1.52. The Bertz CT molecular complexity index is 1610. The second-order valence-electron chi connectivity index (χ2n) is 10.1. The second kappa shape index (κ2) is 14.4. The number of benzene rings is 3. The largest absolute Gasteiger partial charge is 0.466 e. The van der Waals surface area contributed by atoms with Crippen molar-refractivity contribution in [3.05, 3.63) is 109 Å². The molecule has 5 rings (SSSR count). The molecule has 0 aliphatic heterocycles. The van der Waals surface area contributed by atoms with E-state index in [-0.39, 0.29) is 19.4 Å². The molecule has 0 aliphatic carbocycles. The molecule has 0 fully saturated rings. The quantitative estimate of drug-likeness (QED) is 0.152. The summed E-state index contributed by atoms with van der Waals surface area (Å²) in [5, 5.41) is 29.6. The van der Waals surface area contributed by atoms with Crippen molar-refractivity contribution in [1.82, 2.24) is 19.7 Å². The van der Waals surface area contributed by atoms with Crippen molar-refractivity contribution in [2.45, 2.75) is 44.8 Å². The summed E-state index contributed by atoms with van der Waals surface area (Å²) in [6.07, 6.45) is 0.615. The van der Waals surface area contributed by atoms with Crippen molar-refractivity contribution < 1.29 is 19.7 Å². The molecule has 3 aromatic carbocycles. The molecule has 0 bridgehead atoms. The third-order valence-corrected chi connectivity index (χ3v) is 6.95. The predicted molar refractivity (Wildman–Crippen MR) is 166 cm³/mol. The second-order valence-corrected chi connectivity index (χ2v) is 10.1. The highest BCUT2D eigenvalue weighted by Gasteiger charge is 2.24. The smallest absolute Gasteiger partial charge is 0.308 e. The molecular weight excluding hydrogens is 542 g/mol. The van der Waals surface area contributed by atoms with Gasteiger partial charge in [-0.05, 0) is 38.3 Å². The standard InChI is InChI=1S/C34H35N5O4/c1-2-43-31(42)23-28(41)22-27(40)18-19-29-32(24-12-6-3-7-13-24)38-39(33(29)25-14-8-4-9-15-25)30-20-21-35-34(37-30)36-26-16-10-5-11-17-26/h3-17,20-21,27-28,40-41H,2,18-19,22-23H2,1H3,(H,35,36,37). The molecule has 2 aromatic heterocycles. The van der Waals surface area contributed by atoms with Crippen molar-refractivity contribution in [2.75, 3.05) is 11.9 Å². The van der Waals surface area contributed by atoms with Gasteiger partial charge in [0.2, 0.25) is 5.95 Å². The zero-order chi connectivity index (χ0) is 30.0. The fourth-order valence-electron chi connectivity index (χ4n) is 4.99. The summed E-state index contributed by atoms with van der Waals surface area (Å²) >= 11 is 0. The number of anilines is 2. The number of hydrogen-bond donors (Lipinski definition) is 3. The number of aromatic nitrogens is 4. The lowest BCUT2D eigenvalue weighted by molar-refractivity contribution is -0.145. The Hall–Kier alpha value is -4.86. The zero-order valence-corrected chi connectivity index (χ0v) is 24.0. The average molecular weight is 578 g/mol. The maximum atomic E-state index is 11.8. The third-order valence-electron chi connectivity index (χ3n) is 6.95. The van der Waals surface area contributed by atoms with E-state index in [9.17, 15) is 15.0 Å². The Labute approximate surface area is 250 Å². The topological polar surface area (TPSA) is 122 Å². The van der Waals surface area contributed by atoms with Crippen LogP contribution in [0.5, 0.6) is 0 Å². The third kappa shape index (κ3) is 7.71. The fourth-order valence-corrected chi connectivity index (χ4v) is 4.99. The molecule has 2 unspecified atom stereocenters. The number of para-hydroxylation sites is 1. The number of esters is 1. The monoisotopic (exact) mass is 577 g/mol. The Kier molecular flexibility index (Phi) is 9.89. The molecule has 0 saturated carbocycles. The van der Waals surface area contributed by atoms with E-state index in [0.717, 1.165) is 33.8 Å². The summed E-state index contributed by atoms with van der Waals surface area (Å²) in [6.45, 7) is 1.97. The number of aliphatic hydroxyl groups excluding tert-OH is 2. The van der Waals surface area contributed by atoms with Crippen LogP contribution in [-0.4, -0.2) is 54.7 Å². The summed E-state index contributed by atoms with van der Waals surface area (Å²) in [7, 11) is 0. The predicted octanol–water partition coefficient (Wildman–Crippen LogP) is 5.74. The lowest BCUT2D eigenvalue weighted by Crippen LogP contribution is -2.22. The van der Waals surface area contributed by atoms with Crippen molar-refractivity contribution in [1.29, 1.82) is 0 Å². The Morgan fingerprint density at radius 1 is 0.884 bits per heavy atom. The van der Waals surface area contributed by atoms with Gasteiger partial charge in [0.1, 0.15) is 0 Å². The molecule has 0 aliphatic rings. The highest BCUT2D eigenvalue weighted by molar-refractivity contribution is 5.76. The minimum atomic E-state index is -0.990. The molecule has 3 N–H and O–H groups in total. The van der Waals surface area contributed by atoms with E-state index in [1.54, 1.807) is 13.1 Å². The number of nitrogens with one attached hydrogen (secondary N) is 1. The van der Waals surface area contributed by atoms with E-state index in [1.807, 2.05) is 102 Å². The number of carbonyl (C=O) groups is 1. The maximum Gasteiger partial charge on any atom is 0.308 e. The summed E-state index contributed by atoms with van der Waals surface area (Å²) < 4.78 is 6.76. The molecule has 5 aromatic rings. The summed E-state index contributed by atoms with van der Waals surface area (Å²) in [4.78, 5) is 21.0. The van der Waals surface area contributed by atoms with Gasteiger partial charge >= 0.3 is 5.97 Å². The molecule has 2 heterocycles. The van der Waals surface area contributed by atoms with Crippen LogP contribution < -0.4 is 5.32 Å². The lowest BCUT2D eigenvalue weighted by atomic mass is 9.95. The summed E-state index contributed by atoms with van der Waals surface area (Å²) in [5.74, 6) is 0.542. The van der Waals surface area contributed by atoms with Gasteiger partial charge in [-0.15, -0.1) is 0 Å². The molecule has 0 saturated heterocycles. The van der Waals surface area contributed by atoms with Crippen molar-refractivity contribution in [2.24, 2.45) is 0 Å². The van der Waals surface area contributed by atoms with Gasteiger partial charge in [0.05, 0.1) is 36.6 Å². The lowest BCUT2D eigenvalue weighted by Gasteiger charge is -2.16. The van der Waals surface area contributed by atoms with Crippen molar-refractivity contribution >= 4 is 17.6 Å². The van der Waals surface area contributed by atoms with Crippen LogP contribution in [-0.2, 0) is 16.0 Å². The summed E-state index contributed by atoms with van der Waals surface area (Å²) in [6, 6.07) is 31.4. The number of rotatable bonds is 13. The van der Waals surface area contributed by atoms with Gasteiger partial charge in [0, 0.05) is 34.6 Å². The highest BCUT2D eigenvalue weighted by atomic mass is 16.5. The van der Waals surface area contributed by atoms with E-state index in [1.165, 1.54) is 0 Å². The van der Waals surface area contributed by atoms with E-state index < -0.39 is 18.2 Å². The fraction of sp³-hybridized carbons (Fsp3) is 0.235. The highest BCUT2D eigenvalue weighted by Crippen LogP contribution is 2.35. The number of ether oxygens (including phenoxy) is 1. The van der Waals surface area contributed by atoms with Gasteiger partial charge in [-0.1, -0.05) is 78.9 Å². The van der Waals surface area contributed by atoms with E-state index in [0.29, 0.717) is 24.6 Å². The normalized spacial score (nSPS) is 12.4. The zero-order valence-electron chi connectivity index (χ0n) is 24.0. The first-order valence-electron chi connectivity index (χ1n) is 14.4. The van der Waals surface area contributed by atoms with Gasteiger partial charge in [0.15, 0.2) is 5.82 Å². The molecule has 0 radical (unpaired) electrons. The molecule has 220 valence electrons. The van der Waals surface area contributed by atoms with Gasteiger partial charge in [-0.25, -0.2) is 9.67 Å². The number of nitrogens with zero attached hydrogens (tertiary/aromatic N) is 4. The van der Waals surface area contributed by atoms with Crippen LogP contribution in [0.1, 0.15) is 31.7 Å². The molecule has 0 spiro atoms. The Morgan fingerprint density at radius 2 is 1.53 bits per heavy atom. The maximum absolute atomic E-state index is 11.8. The van der Waals surface area contributed by atoms with Crippen LogP contribution >= 0.6 is 0 Å². The van der Waals surface area contributed by atoms with Crippen LogP contribution in [0.2, 0.25) is 0 Å². The molecular formula is C34H35N5O4. The van der Waals surface area contributed by atoms with E-state index in [2.05, 4.69) is 10.3 Å². The van der Waals surface area contributed by atoms with Gasteiger partial charge in [-0.3, -0.25) is 4.79 Å². The van der Waals surface area contributed by atoms with Crippen LogP contribution in [0, 0.1) is 0 Å². The minimum absolute atomic E-state index is 0.0642. The molecule has 2 atom stereocenters. The van der Waals surface area contributed by atoms with Gasteiger partial charge in [-0.2, -0.15) is 10.1 Å². The van der Waals surface area contributed by atoms with Crippen LogP contribution in [0.3, 0.4) is 0 Å². The molecule has 0 amide bonds. The minimum Gasteiger partial charge on any atom is -0.466 e. The van der Waals surface area contributed by atoms with Gasteiger partial charge < -0.3 is 20.3 Å². The van der Waals surface area contributed by atoms with Crippen molar-refractivity contribution in [3.63, 3.8) is 0 Å².